The number of carboxylic acids is 1. The van der Waals surface area contributed by atoms with Crippen molar-refractivity contribution in [3.05, 3.63) is 46.2 Å². The molecule has 3 heterocycles. The number of aromatic carboxylic acids is 1. The Bertz CT molecular complexity index is 954. The van der Waals surface area contributed by atoms with Crippen LogP contribution in [0, 0.1) is 0 Å². The van der Waals surface area contributed by atoms with Crippen LogP contribution in [0.15, 0.2) is 35.7 Å². The van der Waals surface area contributed by atoms with E-state index in [9.17, 15) is 14.7 Å². The lowest BCUT2D eigenvalue weighted by atomic mass is 10.0. The molecule has 2 saturated heterocycles. The fourth-order valence-electron chi connectivity index (χ4n) is 4.74. The van der Waals surface area contributed by atoms with Crippen LogP contribution in [0.5, 0.6) is 0 Å². The van der Waals surface area contributed by atoms with Crippen molar-refractivity contribution in [1.29, 1.82) is 0 Å². The third kappa shape index (κ3) is 6.35. The van der Waals surface area contributed by atoms with E-state index >= 15 is 0 Å². The number of carboxylic acid groups (broad SMARTS) is 1. The monoisotopic (exact) mass is 486 g/mol. The quantitative estimate of drug-likeness (QED) is 0.562. The Morgan fingerprint density at radius 2 is 1.94 bits per heavy atom. The number of nitrogens with zero attached hydrogens (tertiary/aromatic N) is 3. The maximum absolute atomic E-state index is 12.7. The van der Waals surface area contributed by atoms with Gasteiger partial charge in [0.25, 0.3) is 5.91 Å². The van der Waals surface area contributed by atoms with Crippen molar-refractivity contribution < 1.29 is 19.4 Å². The van der Waals surface area contributed by atoms with Gasteiger partial charge in [0, 0.05) is 32.2 Å². The van der Waals surface area contributed by atoms with Gasteiger partial charge in [-0.2, -0.15) is 0 Å². The van der Waals surface area contributed by atoms with E-state index < -0.39 is 5.97 Å². The average Bonchev–Trinajstić information content (AvgIpc) is 3.40. The van der Waals surface area contributed by atoms with E-state index in [1.54, 1.807) is 18.2 Å². The van der Waals surface area contributed by atoms with Crippen molar-refractivity contribution >= 4 is 34.6 Å². The lowest BCUT2D eigenvalue weighted by Gasteiger charge is -2.39. The van der Waals surface area contributed by atoms with Crippen LogP contribution in [-0.4, -0.2) is 92.4 Å². The molecule has 0 aliphatic carbocycles. The predicted molar refractivity (Wildman–Crippen MR) is 135 cm³/mol. The molecule has 9 heteroatoms. The summed E-state index contributed by atoms with van der Waals surface area (Å²) in [7, 11) is 2.22. The SMILES string of the molecule is CN(CCCN1CCOCC1)C1CCN(c2ccc(C(=O)O)cc2NC(=O)c2cccs2)CC1. The molecule has 184 valence electrons. The number of hydrogen-bond donors (Lipinski definition) is 2. The number of rotatable bonds is 9. The summed E-state index contributed by atoms with van der Waals surface area (Å²) in [4.78, 5) is 32.0. The number of carbonyl (C=O) groups excluding carboxylic acids is 1. The Hall–Kier alpha value is -2.46. The summed E-state index contributed by atoms with van der Waals surface area (Å²) < 4.78 is 5.43. The standard InChI is InChI=1S/C25H34N4O4S/c1-27(9-3-10-28-13-15-33-16-14-28)20-7-11-29(12-8-20)22-6-5-19(25(31)32)18-21(22)26-24(30)23-4-2-17-34-23/h2,4-6,17-18,20H,3,7-16H2,1H3,(H,26,30)(H,31,32). The Balaban J connectivity index is 1.34. The first-order valence-corrected chi connectivity index (χ1v) is 12.9. The zero-order valence-corrected chi connectivity index (χ0v) is 20.6. The number of ether oxygens (including phenoxy) is 1. The van der Waals surface area contributed by atoms with Gasteiger partial charge in [-0.1, -0.05) is 6.07 Å². The molecule has 1 aromatic heterocycles. The normalized spacial score (nSPS) is 17.8. The number of benzene rings is 1. The number of carbonyl (C=O) groups is 2. The third-order valence-corrected chi connectivity index (χ3v) is 7.62. The van der Waals surface area contributed by atoms with Crippen LogP contribution in [0.25, 0.3) is 0 Å². The fourth-order valence-corrected chi connectivity index (χ4v) is 5.35. The van der Waals surface area contributed by atoms with Crippen LogP contribution < -0.4 is 10.2 Å². The van der Waals surface area contributed by atoms with Gasteiger partial charge in [-0.25, -0.2) is 4.79 Å². The molecule has 0 spiro atoms. The van der Waals surface area contributed by atoms with Crippen LogP contribution in [0.3, 0.4) is 0 Å². The Labute approximate surface area is 205 Å². The first-order valence-electron chi connectivity index (χ1n) is 12.0. The van der Waals surface area contributed by atoms with Gasteiger partial charge >= 0.3 is 5.97 Å². The molecule has 1 aromatic carbocycles. The minimum Gasteiger partial charge on any atom is -0.478 e. The lowest BCUT2D eigenvalue weighted by Crippen LogP contribution is -2.44. The summed E-state index contributed by atoms with van der Waals surface area (Å²) in [6.45, 7) is 7.70. The largest absolute Gasteiger partial charge is 0.478 e. The number of nitrogens with one attached hydrogen (secondary N) is 1. The summed E-state index contributed by atoms with van der Waals surface area (Å²) in [6, 6.07) is 9.12. The maximum atomic E-state index is 12.7. The molecule has 1 amide bonds. The summed E-state index contributed by atoms with van der Waals surface area (Å²) in [5, 5.41) is 14.2. The number of morpholine rings is 1. The molecule has 2 aliphatic rings. The molecule has 8 nitrogen and oxygen atoms in total. The lowest BCUT2D eigenvalue weighted by molar-refractivity contribution is 0.0357. The van der Waals surface area contributed by atoms with Gasteiger partial charge in [0.1, 0.15) is 0 Å². The van der Waals surface area contributed by atoms with Crippen molar-refractivity contribution in [1.82, 2.24) is 9.80 Å². The summed E-state index contributed by atoms with van der Waals surface area (Å²) in [5.41, 5.74) is 1.60. The Kier molecular flexibility index (Phi) is 8.55. The highest BCUT2D eigenvalue weighted by atomic mass is 32.1. The van der Waals surface area contributed by atoms with Gasteiger partial charge in [-0.3, -0.25) is 9.69 Å². The second-order valence-electron chi connectivity index (χ2n) is 8.97. The zero-order valence-electron chi connectivity index (χ0n) is 19.7. The van der Waals surface area contributed by atoms with Gasteiger partial charge in [0.15, 0.2) is 0 Å². The van der Waals surface area contributed by atoms with Crippen molar-refractivity contribution in [2.24, 2.45) is 0 Å². The molecule has 0 bridgehead atoms. The van der Waals surface area contributed by atoms with Gasteiger partial charge in [-0.05, 0) is 69.0 Å². The minimum atomic E-state index is -1.00. The molecular formula is C25H34N4O4S. The molecule has 2 aromatic rings. The van der Waals surface area contributed by atoms with Crippen molar-refractivity contribution in [2.45, 2.75) is 25.3 Å². The van der Waals surface area contributed by atoms with Crippen LogP contribution in [0.4, 0.5) is 11.4 Å². The molecule has 2 aliphatic heterocycles. The van der Waals surface area contributed by atoms with Crippen LogP contribution in [-0.2, 0) is 4.74 Å². The van der Waals surface area contributed by atoms with Crippen molar-refractivity contribution in [3.63, 3.8) is 0 Å². The Morgan fingerprint density at radius 3 is 2.62 bits per heavy atom. The zero-order chi connectivity index (χ0) is 23.9. The fraction of sp³-hybridized carbons (Fsp3) is 0.520. The topological polar surface area (TPSA) is 85.3 Å². The molecule has 0 radical (unpaired) electrons. The predicted octanol–water partition coefficient (Wildman–Crippen LogP) is 3.32. The van der Waals surface area contributed by atoms with Crippen LogP contribution >= 0.6 is 11.3 Å². The number of anilines is 2. The molecule has 4 rings (SSSR count). The van der Waals surface area contributed by atoms with Gasteiger partial charge in [0.2, 0.25) is 0 Å². The molecule has 0 unspecified atom stereocenters. The number of thiophene rings is 1. The van der Waals surface area contributed by atoms with Gasteiger partial charge < -0.3 is 25.0 Å². The first-order chi connectivity index (χ1) is 16.5. The van der Waals surface area contributed by atoms with E-state index in [0.717, 1.165) is 77.4 Å². The molecular weight excluding hydrogens is 452 g/mol. The number of piperidine rings is 1. The van der Waals surface area contributed by atoms with E-state index in [1.165, 1.54) is 11.3 Å². The highest BCUT2D eigenvalue weighted by Gasteiger charge is 2.25. The number of amides is 1. The summed E-state index contributed by atoms with van der Waals surface area (Å²) in [6.07, 6.45) is 3.23. The first kappa shape index (κ1) is 24.7. The van der Waals surface area contributed by atoms with E-state index in [2.05, 4.69) is 27.1 Å². The molecule has 0 saturated carbocycles. The van der Waals surface area contributed by atoms with E-state index in [4.69, 9.17) is 4.74 Å². The Morgan fingerprint density at radius 1 is 1.18 bits per heavy atom. The summed E-state index contributed by atoms with van der Waals surface area (Å²) >= 11 is 1.36. The van der Waals surface area contributed by atoms with Crippen molar-refractivity contribution in [2.75, 3.05) is 69.7 Å². The maximum Gasteiger partial charge on any atom is 0.335 e. The third-order valence-electron chi connectivity index (χ3n) is 6.75. The van der Waals surface area contributed by atoms with Crippen LogP contribution in [0.2, 0.25) is 0 Å². The summed E-state index contributed by atoms with van der Waals surface area (Å²) in [5.74, 6) is -1.22. The molecule has 2 N–H and O–H groups in total. The average molecular weight is 487 g/mol. The molecule has 2 fully saturated rings. The smallest absolute Gasteiger partial charge is 0.335 e. The second-order valence-corrected chi connectivity index (χ2v) is 9.92. The van der Waals surface area contributed by atoms with E-state index in [0.29, 0.717) is 16.6 Å². The minimum absolute atomic E-state index is 0.167. The molecule has 34 heavy (non-hydrogen) atoms. The molecule has 0 atom stereocenters. The van der Waals surface area contributed by atoms with Crippen molar-refractivity contribution in [3.8, 4) is 0 Å². The second kappa shape index (κ2) is 11.8. The number of hydrogen-bond acceptors (Lipinski definition) is 7. The van der Waals surface area contributed by atoms with Gasteiger partial charge in [-0.15, -0.1) is 11.3 Å². The van der Waals surface area contributed by atoms with Gasteiger partial charge in [0.05, 0.1) is 35.0 Å². The van der Waals surface area contributed by atoms with E-state index in [1.807, 2.05) is 17.5 Å². The highest BCUT2D eigenvalue weighted by molar-refractivity contribution is 7.12. The van der Waals surface area contributed by atoms with Crippen LogP contribution in [0.1, 0.15) is 39.3 Å². The highest BCUT2D eigenvalue weighted by Crippen LogP contribution is 2.31. The van der Waals surface area contributed by atoms with E-state index in [-0.39, 0.29) is 11.5 Å².